The van der Waals surface area contributed by atoms with E-state index < -0.39 is 0 Å². The lowest BCUT2D eigenvalue weighted by molar-refractivity contribution is 0.354. The van der Waals surface area contributed by atoms with Crippen LogP contribution in [0.15, 0.2) is 22.7 Å². The highest BCUT2D eigenvalue weighted by Crippen LogP contribution is 2.40. The molecule has 0 fully saturated rings. The summed E-state index contributed by atoms with van der Waals surface area (Å²) < 4.78 is 16.1. The zero-order chi connectivity index (χ0) is 13.8. The third kappa shape index (κ3) is 2.36. The number of para-hydroxylation sites is 1. The van der Waals surface area contributed by atoms with Gasteiger partial charge in [0.1, 0.15) is 0 Å². The van der Waals surface area contributed by atoms with Gasteiger partial charge in [-0.15, -0.1) is 0 Å². The van der Waals surface area contributed by atoms with Crippen molar-refractivity contribution in [1.29, 1.82) is 0 Å². The van der Waals surface area contributed by atoms with Gasteiger partial charge >= 0.3 is 0 Å². The molecule has 0 amide bonds. The normalized spacial score (nSPS) is 10.5. The highest BCUT2D eigenvalue weighted by Gasteiger charge is 2.20. The molecule has 0 atom stereocenters. The molecule has 19 heavy (non-hydrogen) atoms. The van der Waals surface area contributed by atoms with Gasteiger partial charge in [0.15, 0.2) is 23.1 Å². The van der Waals surface area contributed by atoms with Crippen LogP contribution in [0.4, 0.5) is 5.82 Å². The molecular formula is C14H18N2O3. The molecule has 1 aromatic carbocycles. The number of ether oxygens (including phenoxy) is 2. The minimum atomic E-state index is 0.432. The first kappa shape index (κ1) is 13.3. The number of anilines is 1. The zero-order valence-electron chi connectivity index (χ0n) is 11.4. The Morgan fingerprint density at radius 1 is 1.26 bits per heavy atom. The predicted octanol–water partition coefficient (Wildman–Crippen LogP) is 2.89. The first-order valence-electron chi connectivity index (χ1n) is 6.18. The molecule has 0 saturated carbocycles. The smallest absolute Gasteiger partial charge is 0.176 e. The molecule has 2 rings (SSSR count). The van der Waals surface area contributed by atoms with Gasteiger partial charge in [-0.3, -0.25) is 0 Å². The van der Waals surface area contributed by atoms with Gasteiger partial charge < -0.3 is 19.7 Å². The number of hydrogen-bond donors (Lipinski definition) is 1. The molecule has 5 heteroatoms. The van der Waals surface area contributed by atoms with Crippen molar-refractivity contribution in [2.75, 3.05) is 20.0 Å². The van der Waals surface area contributed by atoms with Crippen LogP contribution in [0.25, 0.3) is 11.3 Å². The van der Waals surface area contributed by atoms with Gasteiger partial charge in [0, 0.05) is 5.56 Å². The van der Waals surface area contributed by atoms with Crippen molar-refractivity contribution in [1.82, 2.24) is 5.16 Å². The second kappa shape index (κ2) is 5.65. The highest BCUT2D eigenvalue weighted by atomic mass is 16.5. The van der Waals surface area contributed by atoms with E-state index in [2.05, 4.69) is 12.1 Å². The second-order valence-electron chi connectivity index (χ2n) is 4.17. The van der Waals surface area contributed by atoms with Crippen molar-refractivity contribution in [3.63, 3.8) is 0 Å². The van der Waals surface area contributed by atoms with Crippen LogP contribution in [0.2, 0.25) is 0 Å². The fourth-order valence-corrected chi connectivity index (χ4v) is 2.09. The summed E-state index contributed by atoms with van der Waals surface area (Å²) in [5, 5.41) is 3.85. The Balaban J connectivity index is 2.58. The Morgan fingerprint density at radius 2 is 2.05 bits per heavy atom. The Hall–Kier alpha value is -2.17. The molecule has 0 bridgehead atoms. The largest absolute Gasteiger partial charge is 0.493 e. The first-order valence-corrected chi connectivity index (χ1v) is 6.18. The van der Waals surface area contributed by atoms with Crippen LogP contribution in [0, 0.1) is 0 Å². The zero-order valence-corrected chi connectivity index (χ0v) is 11.4. The summed E-state index contributed by atoms with van der Waals surface area (Å²) in [6.45, 7) is 2.08. The monoisotopic (exact) mass is 262 g/mol. The van der Waals surface area contributed by atoms with Gasteiger partial charge in [-0.05, 0) is 18.6 Å². The van der Waals surface area contributed by atoms with E-state index in [0.717, 1.165) is 24.0 Å². The molecule has 102 valence electrons. The molecule has 1 aromatic heterocycles. The number of aromatic nitrogens is 1. The third-order valence-corrected chi connectivity index (χ3v) is 2.97. The second-order valence-corrected chi connectivity index (χ2v) is 4.17. The summed E-state index contributed by atoms with van der Waals surface area (Å²) in [4.78, 5) is 0. The third-order valence-electron chi connectivity index (χ3n) is 2.97. The van der Waals surface area contributed by atoms with Gasteiger partial charge in [-0.1, -0.05) is 24.6 Å². The summed E-state index contributed by atoms with van der Waals surface area (Å²) in [5.74, 6) is 2.35. The van der Waals surface area contributed by atoms with E-state index >= 15 is 0 Å². The predicted molar refractivity (Wildman–Crippen MR) is 73.5 cm³/mol. The molecule has 0 radical (unpaired) electrons. The van der Waals surface area contributed by atoms with Crippen LogP contribution in [0.1, 0.15) is 18.9 Å². The van der Waals surface area contributed by atoms with Crippen LogP contribution in [-0.4, -0.2) is 19.4 Å². The lowest BCUT2D eigenvalue weighted by atomic mass is 10.0. The maximum Gasteiger partial charge on any atom is 0.176 e. The Kier molecular flexibility index (Phi) is 3.94. The number of methoxy groups -OCH3 is 2. The highest BCUT2D eigenvalue weighted by molar-refractivity contribution is 5.74. The Bertz CT molecular complexity index is 564. The molecular weight excluding hydrogens is 244 g/mol. The summed E-state index contributed by atoms with van der Waals surface area (Å²) in [7, 11) is 3.20. The number of nitrogens with zero attached hydrogens (tertiary/aromatic N) is 1. The topological polar surface area (TPSA) is 70.5 Å². The van der Waals surface area contributed by atoms with Gasteiger partial charge in [0.05, 0.1) is 19.8 Å². The Morgan fingerprint density at radius 3 is 2.68 bits per heavy atom. The molecule has 2 N–H and O–H groups in total. The molecule has 0 unspecified atom stereocenters. The number of benzene rings is 1. The SMILES string of the molecule is CCCc1c(N)noc1-c1cccc(OC)c1OC. The average Bonchev–Trinajstić information content (AvgIpc) is 2.79. The van der Waals surface area contributed by atoms with Gasteiger partial charge in [-0.25, -0.2) is 0 Å². The maximum absolute atomic E-state index is 5.85. The number of nitrogen functional groups attached to an aromatic ring is 1. The van der Waals surface area contributed by atoms with Crippen molar-refractivity contribution in [3.8, 4) is 22.8 Å². The fourth-order valence-electron chi connectivity index (χ4n) is 2.09. The standard InChI is InChI=1S/C14H18N2O3/c1-4-6-10-12(19-16-14(10)15)9-7-5-8-11(17-2)13(9)18-3/h5,7-8H,4,6H2,1-3H3,(H2,15,16). The molecule has 5 nitrogen and oxygen atoms in total. The molecule has 1 heterocycles. The molecule has 0 aliphatic carbocycles. The van der Waals surface area contributed by atoms with Crippen molar-refractivity contribution in [2.45, 2.75) is 19.8 Å². The van der Waals surface area contributed by atoms with E-state index in [9.17, 15) is 0 Å². The van der Waals surface area contributed by atoms with Crippen LogP contribution in [-0.2, 0) is 6.42 Å². The molecule has 0 spiro atoms. The van der Waals surface area contributed by atoms with Crippen LogP contribution < -0.4 is 15.2 Å². The van der Waals surface area contributed by atoms with E-state index in [1.165, 1.54) is 0 Å². The minimum Gasteiger partial charge on any atom is -0.493 e. The minimum absolute atomic E-state index is 0.432. The maximum atomic E-state index is 5.85. The van der Waals surface area contributed by atoms with Gasteiger partial charge in [0.25, 0.3) is 0 Å². The number of rotatable bonds is 5. The lowest BCUT2D eigenvalue weighted by Gasteiger charge is -2.11. The van der Waals surface area contributed by atoms with Gasteiger partial charge in [-0.2, -0.15) is 0 Å². The average molecular weight is 262 g/mol. The molecule has 0 aliphatic rings. The van der Waals surface area contributed by atoms with Crippen molar-refractivity contribution in [3.05, 3.63) is 23.8 Å². The first-order chi connectivity index (χ1) is 9.22. The molecule has 0 saturated heterocycles. The number of nitrogens with two attached hydrogens (primary N) is 1. The summed E-state index contributed by atoms with van der Waals surface area (Å²) in [5.41, 5.74) is 7.56. The van der Waals surface area contributed by atoms with E-state index in [4.69, 9.17) is 19.7 Å². The quantitative estimate of drug-likeness (QED) is 0.897. The van der Waals surface area contributed by atoms with Crippen molar-refractivity contribution in [2.24, 2.45) is 0 Å². The van der Waals surface area contributed by atoms with E-state index in [1.54, 1.807) is 14.2 Å². The van der Waals surface area contributed by atoms with Gasteiger partial charge in [0.2, 0.25) is 0 Å². The lowest BCUT2D eigenvalue weighted by Crippen LogP contribution is -1.96. The number of hydrogen-bond acceptors (Lipinski definition) is 5. The summed E-state index contributed by atoms with van der Waals surface area (Å²) in [6.07, 6.45) is 1.77. The van der Waals surface area contributed by atoms with Crippen LogP contribution >= 0.6 is 0 Å². The van der Waals surface area contributed by atoms with Crippen molar-refractivity contribution < 1.29 is 14.0 Å². The summed E-state index contributed by atoms with van der Waals surface area (Å²) in [6, 6.07) is 5.62. The van der Waals surface area contributed by atoms with E-state index in [-0.39, 0.29) is 0 Å². The van der Waals surface area contributed by atoms with Crippen LogP contribution in [0.5, 0.6) is 11.5 Å². The fraction of sp³-hybridized carbons (Fsp3) is 0.357. The summed E-state index contributed by atoms with van der Waals surface area (Å²) >= 11 is 0. The Labute approximate surface area is 112 Å². The molecule has 2 aromatic rings. The van der Waals surface area contributed by atoms with Crippen LogP contribution in [0.3, 0.4) is 0 Å². The molecule has 0 aliphatic heterocycles. The van der Waals surface area contributed by atoms with E-state index in [1.807, 2.05) is 18.2 Å². The van der Waals surface area contributed by atoms with E-state index in [0.29, 0.717) is 23.1 Å². The van der Waals surface area contributed by atoms with Crippen molar-refractivity contribution >= 4 is 5.82 Å².